The van der Waals surface area contributed by atoms with Crippen molar-refractivity contribution in [3.63, 3.8) is 0 Å². The molecule has 0 bridgehead atoms. The zero-order valence-corrected chi connectivity index (χ0v) is 9.34. The van der Waals surface area contributed by atoms with Crippen molar-refractivity contribution in [1.29, 1.82) is 0 Å². The number of fused-ring (bicyclic) bond motifs is 1. The van der Waals surface area contributed by atoms with Crippen LogP contribution in [0.2, 0.25) is 0 Å². The van der Waals surface area contributed by atoms with E-state index in [9.17, 15) is 9.90 Å². The molecule has 0 saturated heterocycles. The topological polar surface area (TPSA) is 50.2 Å². The quantitative estimate of drug-likeness (QED) is 0.848. The lowest BCUT2D eigenvalue weighted by atomic mass is 9.84. The number of aromatic nitrogens is 1. The fraction of sp³-hybridized carbons (Fsp3) is 0.273. The van der Waals surface area contributed by atoms with E-state index >= 15 is 0 Å². The molecule has 4 heteroatoms. The van der Waals surface area contributed by atoms with Crippen LogP contribution in [0.1, 0.15) is 19.4 Å². The predicted octanol–water partition coefficient (Wildman–Crippen LogP) is 2.66. The van der Waals surface area contributed by atoms with Crippen molar-refractivity contribution in [2.45, 2.75) is 19.3 Å². The number of carbonyl (C=O) groups is 1. The van der Waals surface area contributed by atoms with Gasteiger partial charge in [-0.2, -0.15) is 4.37 Å². The number of benzene rings is 1. The lowest BCUT2D eigenvalue weighted by Crippen LogP contribution is -2.28. The minimum atomic E-state index is -0.869. The maximum Gasteiger partial charge on any atom is 0.313 e. The van der Waals surface area contributed by atoms with Crippen molar-refractivity contribution in [1.82, 2.24) is 4.37 Å². The highest BCUT2D eigenvalue weighted by Gasteiger charge is 2.31. The Morgan fingerprint density at radius 2 is 2.20 bits per heavy atom. The minimum absolute atomic E-state index is 0.816. The SMILES string of the molecule is CC(C)(C(=O)O)c1cccc2cnsc12. The van der Waals surface area contributed by atoms with Crippen molar-refractivity contribution >= 4 is 27.6 Å². The standard InChI is InChI=1S/C11H11NO2S/c1-11(2,10(13)14)8-5-3-4-7-6-12-15-9(7)8/h3-6H,1-2H3,(H,13,14). The molecule has 1 N–H and O–H groups in total. The molecule has 0 radical (unpaired) electrons. The summed E-state index contributed by atoms with van der Waals surface area (Å²) >= 11 is 1.34. The molecule has 0 amide bonds. The Hall–Kier alpha value is -1.42. The Labute approximate surface area is 91.5 Å². The first-order chi connectivity index (χ1) is 7.03. The average molecular weight is 221 g/mol. The monoisotopic (exact) mass is 221 g/mol. The van der Waals surface area contributed by atoms with Crippen LogP contribution in [-0.4, -0.2) is 15.4 Å². The van der Waals surface area contributed by atoms with Crippen LogP contribution in [0.25, 0.3) is 10.1 Å². The molecule has 0 aliphatic rings. The third-order valence-corrected chi connectivity index (χ3v) is 3.44. The van der Waals surface area contributed by atoms with Gasteiger partial charge in [0.05, 0.1) is 10.1 Å². The summed E-state index contributed by atoms with van der Waals surface area (Å²) < 4.78 is 5.05. The Morgan fingerprint density at radius 3 is 2.87 bits per heavy atom. The van der Waals surface area contributed by atoms with Crippen molar-refractivity contribution in [3.8, 4) is 0 Å². The highest BCUT2D eigenvalue weighted by molar-refractivity contribution is 7.13. The van der Waals surface area contributed by atoms with E-state index in [1.807, 2.05) is 18.2 Å². The molecule has 0 aliphatic carbocycles. The zero-order chi connectivity index (χ0) is 11.1. The summed E-state index contributed by atoms with van der Waals surface area (Å²) in [7, 11) is 0. The molecule has 1 aromatic heterocycles. The molecule has 2 rings (SSSR count). The summed E-state index contributed by atoms with van der Waals surface area (Å²) in [6.45, 7) is 3.42. The van der Waals surface area contributed by atoms with Gasteiger partial charge >= 0.3 is 5.97 Å². The largest absolute Gasteiger partial charge is 0.481 e. The molecule has 1 aromatic carbocycles. The van der Waals surface area contributed by atoms with Gasteiger partial charge in [0, 0.05) is 11.6 Å². The summed E-state index contributed by atoms with van der Waals surface area (Å²) in [5, 5.41) is 10.2. The van der Waals surface area contributed by atoms with Gasteiger partial charge in [0.2, 0.25) is 0 Å². The first-order valence-corrected chi connectivity index (χ1v) is 5.38. The molecule has 0 atom stereocenters. The molecular weight excluding hydrogens is 210 g/mol. The van der Waals surface area contributed by atoms with Crippen molar-refractivity contribution in [2.75, 3.05) is 0 Å². The second kappa shape index (κ2) is 3.31. The fourth-order valence-corrected chi connectivity index (χ4v) is 2.42. The van der Waals surface area contributed by atoms with E-state index in [0.717, 1.165) is 15.6 Å². The summed E-state index contributed by atoms with van der Waals surface area (Å²) in [6, 6.07) is 5.67. The highest BCUT2D eigenvalue weighted by atomic mass is 32.1. The Balaban J connectivity index is 2.71. The van der Waals surface area contributed by atoms with Crippen LogP contribution in [0.5, 0.6) is 0 Å². The van der Waals surface area contributed by atoms with Crippen LogP contribution >= 0.6 is 11.5 Å². The molecule has 0 saturated carbocycles. The summed E-state index contributed by atoms with van der Waals surface area (Å²) in [6.07, 6.45) is 1.77. The lowest BCUT2D eigenvalue weighted by molar-refractivity contribution is -0.142. The summed E-state index contributed by atoms with van der Waals surface area (Å²) in [4.78, 5) is 11.2. The third-order valence-electron chi connectivity index (χ3n) is 2.59. The molecule has 0 spiro atoms. The maximum atomic E-state index is 11.2. The second-order valence-electron chi connectivity index (χ2n) is 3.98. The van der Waals surface area contributed by atoms with Crippen molar-refractivity contribution in [3.05, 3.63) is 30.0 Å². The molecule has 0 unspecified atom stereocenters. The van der Waals surface area contributed by atoms with Gasteiger partial charge in [-0.3, -0.25) is 4.79 Å². The van der Waals surface area contributed by atoms with Crippen LogP contribution in [-0.2, 0) is 10.2 Å². The molecule has 78 valence electrons. The van der Waals surface area contributed by atoms with Crippen LogP contribution in [0.3, 0.4) is 0 Å². The number of aliphatic carboxylic acids is 1. The van der Waals surface area contributed by atoms with Crippen LogP contribution in [0.15, 0.2) is 24.4 Å². The van der Waals surface area contributed by atoms with Gasteiger partial charge in [-0.05, 0) is 30.9 Å². The van der Waals surface area contributed by atoms with Gasteiger partial charge in [0.15, 0.2) is 0 Å². The van der Waals surface area contributed by atoms with E-state index in [4.69, 9.17) is 0 Å². The second-order valence-corrected chi connectivity index (χ2v) is 4.78. The molecule has 15 heavy (non-hydrogen) atoms. The van der Waals surface area contributed by atoms with Crippen molar-refractivity contribution < 1.29 is 9.90 Å². The fourth-order valence-electron chi connectivity index (χ4n) is 1.50. The lowest BCUT2D eigenvalue weighted by Gasteiger charge is -2.19. The molecule has 3 nitrogen and oxygen atoms in total. The number of hydrogen-bond donors (Lipinski definition) is 1. The van der Waals surface area contributed by atoms with E-state index in [-0.39, 0.29) is 0 Å². The molecule has 1 heterocycles. The van der Waals surface area contributed by atoms with Gasteiger partial charge in [0.1, 0.15) is 0 Å². The van der Waals surface area contributed by atoms with Crippen LogP contribution in [0, 0.1) is 0 Å². The number of carboxylic acid groups (broad SMARTS) is 1. The normalized spacial score (nSPS) is 11.9. The summed E-state index contributed by atoms with van der Waals surface area (Å²) in [5.74, 6) is -0.816. The summed E-state index contributed by atoms with van der Waals surface area (Å²) in [5.41, 5.74) is -0.0403. The molecular formula is C11H11NO2S. The molecule has 0 aliphatic heterocycles. The molecule has 0 fully saturated rings. The third kappa shape index (κ3) is 1.51. The number of rotatable bonds is 2. The van der Waals surface area contributed by atoms with Gasteiger partial charge in [0.25, 0.3) is 0 Å². The van der Waals surface area contributed by atoms with E-state index in [1.165, 1.54) is 11.5 Å². The van der Waals surface area contributed by atoms with Crippen LogP contribution in [0.4, 0.5) is 0 Å². The van der Waals surface area contributed by atoms with Gasteiger partial charge in [-0.25, -0.2) is 0 Å². The predicted molar refractivity (Wildman–Crippen MR) is 60.3 cm³/mol. The van der Waals surface area contributed by atoms with E-state index in [0.29, 0.717) is 0 Å². The average Bonchev–Trinajstić information content (AvgIpc) is 2.64. The Morgan fingerprint density at radius 1 is 1.47 bits per heavy atom. The van der Waals surface area contributed by atoms with E-state index < -0.39 is 11.4 Å². The number of carboxylic acids is 1. The first kappa shape index (κ1) is 10.1. The van der Waals surface area contributed by atoms with E-state index in [1.54, 1.807) is 20.0 Å². The van der Waals surface area contributed by atoms with Gasteiger partial charge < -0.3 is 5.11 Å². The van der Waals surface area contributed by atoms with Gasteiger partial charge in [-0.1, -0.05) is 18.2 Å². The minimum Gasteiger partial charge on any atom is -0.481 e. The Bertz CT molecular complexity index is 516. The number of hydrogen-bond acceptors (Lipinski definition) is 3. The highest BCUT2D eigenvalue weighted by Crippen LogP contribution is 2.32. The maximum absolute atomic E-state index is 11.2. The molecule has 2 aromatic rings. The zero-order valence-electron chi connectivity index (χ0n) is 8.52. The van der Waals surface area contributed by atoms with Crippen molar-refractivity contribution in [2.24, 2.45) is 0 Å². The van der Waals surface area contributed by atoms with E-state index in [2.05, 4.69) is 4.37 Å². The van der Waals surface area contributed by atoms with Gasteiger partial charge in [-0.15, -0.1) is 0 Å². The smallest absolute Gasteiger partial charge is 0.313 e. The Kier molecular flexibility index (Phi) is 2.23. The van der Waals surface area contributed by atoms with Crippen LogP contribution < -0.4 is 0 Å². The number of nitrogens with zero attached hydrogens (tertiary/aromatic N) is 1. The first-order valence-electron chi connectivity index (χ1n) is 4.61.